The molecule has 0 aromatic heterocycles. The maximum absolute atomic E-state index is 12.5. The van der Waals surface area contributed by atoms with Crippen LogP contribution in [0.2, 0.25) is 0 Å². The topological polar surface area (TPSA) is 110 Å². The van der Waals surface area contributed by atoms with Crippen molar-refractivity contribution in [2.75, 3.05) is 6.61 Å². The quantitative estimate of drug-likeness (QED) is 0.0393. The Hall–Kier alpha value is -0.690. The minimum Gasteiger partial charge on any atom is -0.394 e. The van der Waals surface area contributed by atoms with Gasteiger partial charge in [-0.05, 0) is 12.8 Å². The summed E-state index contributed by atoms with van der Waals surface area (Å²) in [4.78, 5) is 12.5. The summed E-state index contributed by atoms with van der Waals surface area (Å²) in [6.07, 6.45) is 53.2. The number of unbranched alkanes of at least 4 members (excludes halogenated alkanes) is 40. The van der Waals surface area contributed by atoms with Crippen molar-refractivity contribution >= 4 is 5.91 Å². The Labute approximate surface area is 362 Å². The van der Waals surface area contributed by atoms with Crippen LogP contribution in [-0.4, -0.2) is 57.3 Å². The number of aliphatic hydroxyl groups excluding tert-OH is 4. The lowest BCUT2D eigenvalue weighted by Crippen LogP contribution is -2.53. The number of rotatable bonds is 49. The van der Waals surface area contributed by atoms with Gasteiger partial charge in [0.2, 0.25) is 5.91 Å². The maximum atomic E-state index is 12.5. The number of amides is 1. The summed E-state index contributed by atoms with van der Waals surface area (Å²) in [6.45, 7) is 4.06. The van der Waals surface area contributed by atoms with Crippen LogP contribution in [0.3, 0.4) is 0 Å². The maximum Gasteiger partial charge on any atom is 0.249 e. The fraction of sp³-hybridized carbons (Fsp3) is 0.981. The number of carbonyl (C=O) groups is 1. The highest BCUT2D eigenvalue weighted by Crippen LogP contribution is 2.18. The van der Waals surface area contributed by atoms with Gasteiger partial charge in [-0.1, -0.05) is 284 Å². The van der Waals surface area contributed by atoms with E-state index < -0.39 is 36.9 Å². The number of hydrogen-bond acceptors (Lipinski definition) is 5. The first kappa shape index (κ1) is 57.3. The Morgan fingerprint density at radius 2 is 0.586 bits per heavy atom. The summed E-state index contributed by atoms with van der Waals surface area (Å²) in [5.41, 5.74) is 0. The fourth-order valence-corrected chi connectivity index (χ4v) is 8.64. The molecule has 0 rings (SSSR count). The van der Waals surface area contributed by atoms with Crippen LogP contribution in [0.15, 0.2) is 0 Å². The Kier molecular flexibility index (Phi) is 46.8. The molecule has 0 radical (unpaired) electrons. The van der Waals surface area contributed by atoms with Gasteiger partial charge < -0.3 is 25.7 Å². The molecular weight excluding hydrogens is 719 g/mol. The second-order valence-electron chi connectivity index (χ2n) is 18.6. The molecule has 0 bridgehead atoms. The minimum atomic E-state index is -1.25. The summed E-state index contributed by atoms with van der Waals surface area (Å²) in [6, 6.07) is -0.979. The standard InChI is InChI=1S/C52H105NO5/c1-3-5-7-9-11-13-15-16-17-18-19-20-21-22-23-24-25-26-27-28-29-30-31-32-33-34-36-38-40-42-44-46-50(56)52(58)53-48(47-54)51(57)49(55)45-43-41-39-37-35-14-12-10-8-6-4-2/h48-51,54-57H,3-47H2,1-2H3,(H,53,58). The van der Waals surface area contributed by atoms with E-state index >= 15 is 0 Å². The Morgan fingerprint density at radius 3 is 0.828 bits per heavy atom. The minimum absolute atomic E-state index is 0.376. The van der Waals surface area contributed by atoms with Crippen molar-refractivity contribution in [3.05, 3.63) is 0 Å². The summed E-state index contributed by atoms with van der Waals surface area (Å²) in [5, 5.41) is 43.7. The highest BCUT2D eigenvalue weighted by atomic mass is 16.3. The molecule has 0 spiro atoms. The molecule has 6 heteroatoms. The molecular formula is C52H105NO5. The van der Waals surface area contributed by atoms with Crippen molar-refractivity contribution in [1.29, 1.82) is 0 Å². The summed E-state index contributed by atoms with van der Waals surface area (Å²) in [5.74, 6) is -0.578. The lowest BCUT2D eigenvalue weighted by atomic mass is 9.99. The van der Waals surface area contributed by atoms with E-state index in [2.05, 4.69) is 19.2 Å². The third kappa shape index (κ3) is 40.7. The average Bonchev–Trinajstić information content (AvgIpc) is 3.23. The highest BCUT2D eigenvalue weighted by Gasteiger charge is 2.28. The molecule has 0 aromatic rings. The predicted octanol–water partition coefficient (Wildman–Crippen LogP) is 14.8. The van der Waals surface area contributed by atoms with E-state index in [4.69, 9.17) is 0 Å². The van der Waals surface area contributed by atoms with Gasteiger partial charge in [-0.2, -0.15) is 0 Å². The first-order valence-electron chi connectivity index (χ1n) is 26.4. The second-order valence-corrected chi connectivity index (χ2v) is 18.6. The molecule has 0 aliphatic rings. The van der Waals surface area contributed by atoms with Crippen LogP contribution in [0.25, 0.3) is 0 Å². The summed E-state index contributed by atoms with van der Waals surface area (Å²) >= 11 is 0. The Balaban J connectivity index is 3.50. The molecule has 58 heavy (non-hydrogen) atoms. The van der Waals surface area contributed by atoms with Crippen molar-refractivity contribution in [3.8, 4) is 0 Å². The number of hydrogen-bond donors (Lipinski definition) is 5. The van der Waals surface area contributed by atoms with Crippen LogP contribution in [-0.2, 0) is 4.79 Å². The molecule has 0 aromatic carbocycles. The van der Waals surface area contributed by atoms with E-state index in [0.29, 0.717) is 12.8 Å². The second kappa shape index (κ2) is 47.4. The summed E-state index contributed by atoms with van der Waals surface area (Å²) < 4.78 is 0. The first-order chi connectivity index (χ1) is 28.5. The zero-order valence-electron chi connectivity index (χ0n) is 39.3. The molecule has 4 atom stereocenters. The molecule has 6 nitrogen and oxygen atoms in total. The third-order valence-electron chi connectivity index (χ3n) is 12.8. The van der Waals surface area contributed by atoms with Gasteiger partial charge in [-0.15, -0.1) is 0 Å². The van der Waals surface area contributed by atoms with E-state index in [0.717, 1.165) is 38.5 Å². The molecule has 0 heterocycles. The van der Waals surface area contributed by atoms with Crippen LogP contribution in [0, 0.1) is 0 Å². The molecule has 0 fully saturated rings. The van der Waals surface area contributed by atoms with Gasteiger partial charge in [0.25, 0.3) is 0 Å². The monoisotopic (exact) mass is 824 g/mol. The SMILES string of the molecule is CCCCCCCCCCCCCCCCCCCCCCCCCCCCCCCCCC(O)C(=O)NC(CO)C(O)C(O)CCCCCCCCCCCCC. The van der Waals surface area contributed by atoms with E-state index in [9.17, 15) is 25.2 Å². The Morgan fingerprint density at radius 1 is 0.362 bits per heavy atom. The molecule has 0 aliphatic carbocycles. The lowest BCUT2D eigenvalue weighted by Gasteiger charge is -2.27. The first-order valence-corrected chi connectivity index (χ1v) is 26.4. The van der Waals surface area contributed by atoms with Gasteiger partial charge >= 0.3 is 0 Å². The molecule has 348 valence electrons. The number of aliphatic hydroxyl groups is 4. The van der Waals surface area contributed by atoms with Gasteiger partial charge in [0.15, 0.2) is 0 Å². The van der Waals surface area contributed by atoms with Crippen LogP contribution in [0.5, 0.6) is 0 Å². The van der Waals surface area contributed by atoms with E-state index in [1.807, 2.05) is 0 Å². The van der Waals surface area contributed by atoms with E-state index in [1.54, 1.807) is 0 Å². The zero-order chi connectivity index (χ0) is 42.4. The average molecular weight is 824 g/mol. The number of carbonyl (C=O) groups excluding carboxylic acids is 1. The molecule has 4 unspecified atom stereocenters. The van der Waals surface area contributed by atoms with E-state index in [-0.39, 0.29) is 0 Å². The van der Waals surface area contributed by atoms with Crippen molar-refractivity contribution < 1.29 is 25.2 Å². The molecule has 1 amide bonds. The molecule has 0 saturated heterocycles. The molecule has 5 N–H and O–H groups in total. The zero-order valence-corrected chi connectivity index (χ0v) is 39.3. The largest absolute Gasteiger partial charge is 0.394 e. The lowest BCUT2D eigenvalue weighted by molar-refractivity contribution is -0.132. The highest BCUT2D eigenvalue weighted by molar-refractivity contribution is 5.80. The molecule has 0 aliphatic heterocycles. The fourth-order valence-electron chi connectivity index (χ4n) is 8.64. The normalized spacial score (nSPS) is 13.8. The van der Waals surface area contributed by atoms with Gasteiger partial charge in [-0.3, -0.25) is 4.79 Å². The van der Waals surface area contributed by atoms with Gasteiger partial charge in [-0.25, -0.2) is 0 Å². The van der Waals surface area contributed by atoms with Gasteiger partial charge in [0.05, 0.1) is 18.8 Å². The van der Waals surface area contributed by atoms with Crippen molar-refractivity contribution in [3.63, 3.8) is 0 Å². The number of nitrogens with one attached hydrogen (secondary N) is 1. The van der Waals surface area contributed by atoms with Crippen molar-refractivity contribution in [2.45, 2.75) is 321 Å². The summed E-state index contributed by atoms with van der Waals surface area (Å²) in [7, 11) is 0. The third-order valence-corrected chi connectivity index (χ3v) is 12.8. The smallest absolute Gasteiger partial charge is 0.249 e. The van der Waals surface area contributed by atoms with E-state index in [1.165, 1.54) is 231 Å². The van der Waals surface area contributed by atoms with Crippen LogP contribution < -0.4 is 5.32 Å². The van der Waals surface area contributed by atoms with Gasteiger partial charge in [0.1, 0.15) is 12.2 Å². The predicted molar refractivity (Wildman–Crippen MR) is 252 cm³/mol. The van der Waals surface area contributed by atoms with Crippen LogP contribution in [0.1, 0.15) is 296 Å². The van der Waals surface area contributed by atoms with Crippen LogP contribution >= 0.6 is 0 Å². The van der Waals surface area contributed by atoms with Crippen molar-refractivity contribution in [1.82, 2.24) is 5.32 Å². The molecule has 0 saturated carbocycles. The van der Waals surface area contributed by atoms with Gasteiger partial charge in [0, 0.05) is 0 Å². The Bertz CT molecular complexity index is 796. The van der Waals surface area contributed by atoms with Crippen molar-refractivity contribution in [2.24, 2.45) is 0 Å². The van der Waals surface area contributed by atoms with Crippen LogP contribution in [0.4, 0.5) is 0 Å².